The molecule has 2 aliphatic heterocycles. The Morgan fingerprint density at radius 2 is 1.77 bits per heavy atom. The molecule has 0 bridgehead atoms. The van der Waals surface area contributed by atoms with E-state index in [2.05, 4.69) is 16.0 Å². The molecule has 7 heteroatoms. The molecule has 1 unspecified atom stereocenters. The van der Waals surface area contributed by atoms with Gasteiger partial charge in [0.2, 0.25) is 0 Å². The van der Waals surface area contributed by atoms with Crippen LogP contribution in [-0.4, -0.2) is 41.4 Å². The first-order valence-electron chi connectivity index (χ1n) is 8.41. The van der Waals surface area contributed by atoms with Crippen LogP contribution in [0.2, 0.25) is 0 Å². The highest BCUT2D eigenvalue weighted by Crippen LogP contribution is 2.28. The second-order valence-electron chi connectivity index (χ2n) is 6.50. The minimum absolute atomic E-state index is 0.170. The summed E-state index contributed by atoms with van der Waals surface area (Å²) in [4.78, 5) is 38.2. The molecule has 0 aliphatic carbocycles. The molecule has 0 aromatic heterocycles. The smallest absolute Gasteiger partial charge is 0.322 e. The first-order valence-corrected chi connectivity index (χ1v) is 8.41. The van der Waals surface area contributed by atoms with Crippen LogP contribution < -0.4 is 16.0 Å². The van der Waals surface area contributed by atoms with Gasteiger partial charge >= 0.3 is 6.03 Å². The molecular formula is C19H18N4O3. The van der Waals surface area contributed by atoms with Gasteiger partial charge < -0.3 is 15.5 Å². The number of amides is 4. The molecule has 2 fully saturated rings. The molecule has 7 nitrogen and oxygen atoms in total. The average Bonchev–Trinajstić information content (AvgIpc) is 3.19. The molecule has 4 rings (SSSR count). The van der Waals surface area contributed by atoms with Gasteiger partial charge in [-0.15, -0.1) is 0 Å². The Morgan fingerprint density at radius 1 is 1.04 bits per heavy atom. The number of carbonyl (C=O) groups is 3. The number of nitrogens with zero attached hydrogens (tertiary/aromatic N) is 1. The van der Waals surface area contributed by atoms with Crippen LogP contribution in [0.15, 0.2) is 54.6 Å². The fraction of sp³-hybridized carbons (Fsp3) is 0.211. The Bertz CT molecular complexity index is 883. The molecule has 2 saturated heterocycles. The number of imide groups is 1. The first kappa shape index (κ1) is 16.1. The monoisotopic (exact) mass is 350 g/mol. The maximum Gasteiger partial charge on any atom is 0.322 e. The lowest BCUT2D eigenvalue weighted by atomic mass is 9.99. The van der Waals surface area contributed by atoms with Crippen LogP contribution in [0.1, 0.15) is 16.8 Å². The molecule has 2 aromatic rings. The Balaban J connectivity index is 1.56. The largest absolute Gasteiger partial charge is 0.355 e. The summed E-state index contributed by atoms with van der Waals surface area (Å²) in [5, 5.41) is 8.17. The number of carbonyl (C=O) groups excluding carboxylic acids is 3. The summed E-state index contributed by atoms with van der Waals surface area (Å²) in [6.07, 6.45) is 0.407. The zero-order valence-corrected chi connectivity index (χ0v) is 14.0. The highest BCUT2D eigenvalue weighted by atomic mass is 16.2. The molecule has 0 radical (unpaired) electrons. The number of hydrogen-bond acceptors (Lipinski definition) is 4. The van der Waals surface area contributed by atoms with Crippen molar-refractivity contribution >= 4 is 29.2 Å². The van der Waals surface area contributed by atoms with Crippen molar-refractivity contribution in [1.29, 1.82) is 0 Å². The third-order valence-electron chi connectivity index (χ3n) is 4.78. The van der Waals surface area contributed by atoms with E-state index in [1.165, 1.54) is 0 Å². The standard InChI is InChI=1S/C19H18N4O3/c24-16(23-11-10-19(12-23)17(25)21-18(26)22-19)14-8-4-5-9-15(14)20-13-6-2-1-3-7-13/h1-9,20H,10-12H2,(H2,21,22,25,26). The molecular weight excluding hydrogens is 332 g/mol. The molecule has 26 heavy (non-hydrogen) atoms. The summed E-state index contributed by atoms with van der Waals surface area (Å²) in [5.74, 6) is -0.539. The quantitative estimate of drug-likeness (QED) is 0.737. The number of likely N-dealkylation sites (tertiary alicyclic amines) is 1. The molecule has 4 amide bonds. The second kappa shape index (κ2) is 6.18. The van der Waals surface area contributed by atoms with Crippen molar-refractivity contribution < 1.29 is 14.4 Å². The Hall–Kier alpha value is -3.35. The van der Waals surface area contributed by atoms with E-state index in [0.717, 1.165) is 5.69 Å². The molecule has 2 aromatic carbocycles. The minimum Gasteiger partial charge on any atom is -0.355 e. The zero-order chi connectivity index (χ0) is 18.1. The van der Waals surface area contributed by atoms with Crippen molar-refractivity contribution in [1.82, 2.24) is 15.5 Å². The van der Waals surface area contributed by atoms with Gasteiger partial charge in [-0.1, -0.05) is 30.3 Å². The summed E-state index contributed by atoms with van der Waals surface area (Å²) in [6, 6.07) is 16.4. The molecule has 2 aliphatic rings. The van der Waals surface area contributed by atoms with E-state index in [-0.39, 0.29) is 18.4 Å². The van der Waals surface area contributed by atoms with E-state index >= 15 is 0 Å². The molecule has 132 valence electrons. The van der Waals surface area contributed by atoms with Gasteiger partial charge in [0.15, 0.2) is 0 Å². The number of anilines is 2. The molecule has 2 heterocycles. The average molecular weight is 350 g/mol. The van der Waals surface area contributed by atoms with Crippen molar-refractivity contribution in [2.75, 3.05) is 18.4 Å². The van der Waals surface area contributed by atoms with Crippen LogP contribution in [0.25, 0.3) is 0 Å². The highest BCUT2D eigenvalue weighted by molar-refractivity contribution is 6.08. The van der Waals surface area contributed by atoms with E-state index in [4.69, 9.17) is 0 Å². The second-order valence-corrected chi connectivity index (χ2v) is 6.50. The summed E-state index contributed by atoms with van der Waals surface area (Å²) in [5.41, 5.74) is 1.10. The summed E-state index contributed by atoms with van der Waals surface area (Å²) in [7, 11) is 0. The van der Waals surface area contributed by atoms with Gasteiger partial charge in [-0.05, 0) is 30.7 Å². The lowest BCUT2D eigenvalue weighted by Gasteiger charge is -2.22. The van der Waals surface area contributed by atoms with Gasteiger partial charge in [0.1, 0.15) is 5.54 Å². The fourth-order valence-electron chi connectivity index (χ4n) is 3.42. The van der Waals surface area contributed by atoms with Crippen molar-refractivity contribution in [2.24, 2.45) is 0 Å². The van der Waals surface area contributed by atoms with Crippen molar-refractivity contribution in [3.63, 3.8) is 0 Å². The number of benzene rings is 2. The Morgan fingerprint density at radius 3 is 2.50 bits per heavy atom. The number of hydrogen-bond donors (Lipinski definition) is 3. The molecule has 0 saturated carbocycles. The van der Waals surface area contributed by atoms with Crippen LogP contribution in [-0.2, 0) is 4.79 Å². The zero-order valence-electron chi connectivity index (χ0n) is 14.0. The van der Waals surface area contributed by atoms with Gasteiger partial charge in [0.05, 0.1) is 17.8 Å². The topological polar surface area (TPSA) is 90.5 Å². The van der Waals surface area contributed by atoms with E-state index < -0.39 is 11.6 Å². The maximum atomic E-state index is 13.0. The fourth-order valence-corrected chi connectivity index (χ4v) is 3.42. The Kier molecular flexibility index (Phi) is 3.84. The molecule has 1 spiro atoms. The van der Waals surface area contributed by atoms with Crippen molar-refractivity contribution in [3.05, 3.63) is 60.2 Å². The van der Waals surface area contributed by atoms with E-state index in [1.54, 1.807) is 17.0 Å². The number of nitrogens with one attached hydrogen (secondary N) is 3. The summed E-state index contributed by atoms with van der Waals surface area (Å²) in [6.45, 7) is 0.579. The van der Waals surface area contributed by atoms with Crippen molar-refractivity contribution in [2.45, 2.75) is 12.0 Å². The SMILES string of the molecule is O=C1NC(=O)C2(CCN(C(=O)c3ccccc3Nc3ccccc3)C2)N1. The minimum atomic E-state index is -1.01. The van der Waals surface area contributed by atoms with Crippen LogP contribution in [0, 0.1) is 0 Å². The van der Waals surface area contributed by atoms with Gasteiger partial charge in [-0.3, -0.25) is 14.9 Å². The lowest BCUT2D eigenvalue weighted by Crippen LogP contribution is -2.49. The third-order valence-corrected chi connectivity index (χ3v) is 4.78. The maximum absolute atomic E-state index is 13.0. The van der Waals surface area contributed by atoms with E-state index in [0.29, 0.717) is 24.2 Å². The Labute approximate surface area is 150 Å². The predicted molar refractivity (Wildman–Crippen MR) is 96.1 cm³/mol. The number of urea groups is 1. The van der Waals surface area contributed by atoms with E-state index in [9.17, 15) is 14.4 Å². The van der Waals surface area contributed by atoms with Gasteiger partial charge in [-0.25, -0.2) is 4.79 Å². The first-order chi connectivity index (χ1) is 12.6. The van der Waals surface area contributed by atoms with Crippen molar-refractivity contribution in [3.8, 4) is 0 Å². The van der Waals surface area contributed by atoms with E-state index in [1.807, 2.05) is 42.5 Å². The number of rotatable bonds is 3. The van der Waals surface area contributed by atoms with Gasteiger partial charge in [0, 0.05) is 12.2 Å². The van der Waals surface area contributed by atoms with Gasteiger partial charge in [0.25, 0.3) is 11.8 Å². The molecule has 3 N–H and O–H groups in total. The summed E-state index contributed by atoms with van der Waals surface area (Å²) >= 11 is 0. The number of para-hydroxylation sites is 2. The summed E-state index contributed by atoms with van der Waals surface area (Å²) < 4.78 is 0. The third kappa shape index (κ3) is 2.77. The molecule has 1 atom stereocenters. The predicted octanol–water partition coefficient (Wildman–Crippen LogP) is 1.85. The van der Waals surface area contributed by atoms with Gasteiger partial charge in [-0.2, -0.15) is 0 Å². The highest BCUT2D eigenvalue weighted by Gasteiger charge is 2.51. The van der Waals surface area contributed by atoms with Crippen LogP contribution >= 0.6 is 0 Å². The van der Waals surface area contributed by atoms with Crippen LogP contribution in [0.3, 0.4) is 0 Å². The normalized spacial score (nSPS) is 21.6. The van der Waals surface area contributed by atoms with Crippen LogP contribution in [0.4, 0.5) is 16.2 Å². The lowest BCUT2D eigenvalue weighted by molar-refractivity contribution is -0.123. The van der Waals surface area contributed by atoms with Crippen LogP contribution in [0.5, 0.6) is 0 Å².